The predicted molar refractivity (Wildman–Crippen MR) is 442 cm³/mol. The number of carbonyl (C=O) groups excluding carboxylic acids is 18. The van der Waals surface area contributed by atoms with Crippen LogP contribution in [0.4, 0.5) is 0 Å². The minimum Gasteiger partial charge on any atom is -0.463 e. The van der Waals surface area contributed by atoms with Gasteiger partial charge >= 0.3 is 53.7 Å². The molecule has 0 bridgehead atoms. The van der Waals surface area contributed by atoms with Crippen molar-refractivity contribution in [3.05, 3.63) is 0 Å². The molecule has 3 aliphatic heterocycles. The predicted octanol–water partition coefficient (Wildman–Crippen LogP) is -0.365. The summed E-state index contributed by atoms with van der Waals surface area (Å²) in [6.45, 7) is 19.9. The molecule has 9 amide bonds. The maximum atomic E-state index is 13.1. The quantitative estimate of drug-likeness (QED) is 0.0213. The number of ether oxygens (including phenoxy) is 18. The Bertz CT molecular complexity index is 3240. The van der Waals surface area contributed by atoms with Gasteiger partial charge in [-0.25, -0.2) is 0 Å². The zero-order chi connectivity index (χ0) is 95.5. The number of rotatable bonds is 60. The fourth-order valence-corrected chi connectivity index (χ4v) is 13.3. The molecular weight excluding hydrogens is 1700 g/mol. The van der Waals surface area contributed by atoms with Gasteiger partial charge in [-0.05, 0) is 63.2 Å². The number of hydrogen-bond acceptors (Lipinski definition) is 36. The number of nitrogens with one attached hydrogen (secondary N) is 9. The first kappa shape index (κ1) is 112. The highest BCUT2D eigenvalue weighted by molar-refractivity contribution is 5.79. The number of carbonyl (C=O) groups is 18. The van der Waals surface area contributed by atoms with Crippen LogP contribution < -0.4 is 47.9 Å². The average Bonchev–Trinajstić information content (AvgIpc) is 0.675. The first-order valence-corrected chi connectivity index (χ1v) is 42.9. The SMILES string of the molecule is CC(=O)NC1C(OCCCCC(=O)NCCCNC(=O)CCOCC(COCCC(=O)NCCCNC(=O)CCCCOC2OC(COC(C)=O)C(OC(C)=O)C(OC(C)=O)C2NC(C)=O)(COCCC(=O)NCCCNC(=O)CCCCOC2OC(COC(C)=O)C(OC(C)=O)C(OC(C)=O)C2NC(C)=O)C(C)(C)C)OC(COC(C)=O)C(OC(C)=O)C1OC(C)=O. The topological polar surface area (TPSA) is 582 Å². The van der Waals surface area contributed by atoms with Crippen LogP contribution in [0.15, 0.2) is 0 Å². The van der Waals surface area contributed by atoms with E-state index in [9.17, 15) is 86.3 Å². The molecule has 0 spiro atoms. The van der Waals surface area contributed by atoms with E-state index in [4.69, 9.17) is 85.3 Å². The third-order valence-electron chi connectivity index (χ3n) is 19.6. The molecule has 45 heteroatoms. The molecule has 728 valence electrons. The Labute approximate surface area is 745 Å². The largest absolute Gasteiger partial charge is 0.463 e. The Morgan fingerprint density at radius 1 is 0.266 bits per heavy atom. The summed E-state index contributed by atoms with van der Waals surface area (Å²) < 4.78 is 103. The van der Waals surface area contributed by atoms with E-state index in [1.54, 1.807) is 0 Å². The van der Waals surface area contributed by atoms with Gasteiger partial charge in [0.1, 0.15) is 56.3 Å². The van der Waals surface area contributed by atoms with Gasteiger partial charge in [0.2, 0.25) is 53.2 Å². The lowest BCUT2D eigenvalue weighted by molar-refractivity contribution is -0.277. The summed E-state index contributed by atoms with van der Waals surface area (Å²) in [5, 5.41) is 24.8. The van der Waals surface area contributed by atoms with Crippen LogP contribution in [0.5, 0.6) is 0 Å². The molecule has 45 nitrogen and oxygen atoms in total. The summed E-state index contributed by atoms with van der Waals surface area (Å²) in [5.74, 6) is -9.97. The average molecular weight is 1840 g/mol. The molecule has 0 saturated carbocycles. The van der Waals surface area contributed by atoms with Crippen LogP contribution in [0.3, 0.4) is 0 Å². The highest BCUT2D eigenvalue weighted by Gasteiger charge is 2.55. The van der Waals surface area contributed by atoms with E-state index in [0.717, 1.165) is 62.3 Å². The van der Waals surface area contributed by atoms with E-state index in [-0.39, 0.29) is 173 Å². The molecule has 3 fully saturated rings. The Morgan fingerprint density at radius 3 is 0.688 bits per heavy atom. The molecule has 0 aliphatic carbocycles. The zero-order valence-corrected chi connectivity index (χ0v) is 76.2. The molecule has 3 aliphatic rings. The van der Waals surface area contributed by atoms with Crippen molar-refractivity contribution in [2.75, 3.05) is 119 Å². The summed E-state index contributed by atoms with van der Waals surface area (Å²) in [5.41, 5.74) is -1.53. The van der Waals surface area contributed by atoms with E-state index in [1.807, 2.05) is 20.8 Å². The van der Waals surface area contributed by atoms with Gasteiger partial charge in [0, 0.05) is 186 Å². The Balaban J connectivity index is 1.53. The van der Waals surface area contributed by atoms with Gasteiger partial charge in [0.15, 0.2) is 55.5 Å². The van der Waals surface area contributed by atoms with Crippen LogP contribution in [0.25, 0.3) is 0 Å². The summed E-state index contributed by atoms with van der Waals surface area (Å²) >= 11 is 0. The lowest BCUT2D eigenvalue weighted by atomic mass is 9.68. The van der Waals surface area contributed by atoms with Gasteiger partial charge in [-0.1, -0.05) is 20.8 Å². The second kappa shape index (κ2) is 60.8. The lowest BCUT2D eigenvalue weighted by Gasteiger charge is -2.44. The number of amides is 9. The molecule has 3 rings (SSSR count). The first-order chi connectivity index (χ1) is 60.5. The van der Waals surface area contributed by atoms with Crippen molar-refractivity contribution in [1.82, 2.24) is 47.9 Å². The van der Waals surface area contributed by atoms with Crippen LogP contribution >= 0.6 is 0 Å². The van der Waals surface area contributed by atoms with Crippen LogP contribution in [0, 0.1) is 10.8 Å². The molecular formula is C83H135N9O36. The minimum atomic E-state index is -1.30. The van der Waals surface area contributed by atoms with Crippen molar-refractivity contribution in [2.45, 2.75) is 292 Å². The Morgan fingerprint density at radius 2 is 0.484 bits per heavy atom. The minimum absolute atomic E-state index is 0.00958. The van der Waals surface area contributed by atoms with Gasteiger partial charge in [-0.15, -0.1) is 0 Å². The van der Waals surface area contributed by atoms with Crippen molar-refractivity contribution in [1.29, 1.82) is 0 Å². The van der Waals surface area contributed by atoms with Gasteiger partial charge in [-0.3, -0.25) is 86.3 Å². The van der Waals surface area contributed by atoms with E-state index >= 15 is 0 Å². The van der Waals surface area contributed by atoms with Gasteiger partial charge in [0.25, 0.3) is 0 Å². The maximum Gasteiger partial charge on any atom is 0.303 e. The third-order valence-corrected chi connectivity index (χ3v) is 19.6. The van der Waals surface area contributed by atoms with Crippen molar-refractivity contribution < 1.29 is 172 Å². The van der Waals surface area contributed by atoms with Crippen LogP contribution in [0.2, 0.25) is 0 Å². The molecule has 3 saturated heterocycles. The summed E-state index contributed by atoms with van der Waals surface area (Å²) in [6, 6.07) is -3.46. The molecule has 0 aromatic heterocycles. The van der Waals surface area contributed by atoms with Crippen molar-refractivity contribution >= 4 is 107 Å². The van der Waals surface area contributed by atoms with Gasteiger partial charge in [0.05, 0.1) is 39.6 Å². The molecule has 9 N–H and O–H groups in total. The van der Waals surface area contributed by atoms with E-state index in [0.29, 0.717) is 57.8 Å². The number of hydrogen-bond donors (Lipinski definition) is 9. The molecule has 0 radical (unpaired) electrons. The summed E-state index contributed by atoms with van der Waals surface area (Å²) in [6.07, 6.45) is -11.6. The fourth-order valence-electron chi connectivity index (χ4n) is 13.3. The van der Waals surface area contributed by atoms with Gasteiger partial charge < -0.3 is 133 Å². The van der Waals surface area contributed by atoms with Crippen molar-refractivity contribution in [2.24, 2.45) is 10.8 Å². The second-order valence-electron chi connectivity index (χ2n) is 31.7. The van der Waals surface area contributed by atoms with E-state index in [1.165, 1.54) is 20.8 Å². The Kier molecular flexibility index (Phi) is 53.3. The normalized spacial score (nSPS) is 22.3. The lowest BCUT2D eigenvalue weighted by Crippen LogP contribution is -2.66. The summed E-state index contributed by atoms with van der Waals surface area (Å²) in [4.78, 5) is 223. The van der Waals surface area contributed by atoms with Crippen molar-refractivity contribution in [3.63, 3.8) is 0 Å². The van der Waals surface area contributed by atoms with Crippen LogP contribution in [0.1, 0.15) is 200 Å². The molecule has 0 aromatic rings. The molecule has 128 heavy (non-hydrogen) atoms. The second-order valence-corrected chi connectivity index (χ2v) is 31.7. The molecule has 15 unspecified atom stereocenters. The highest BCUT2D eigenvalue weighted by Crippen LogP contribution is 2.41. The summed E-state index contributed by atoms with van der Waals surface area (Å²) in [7, 11) is 0. The maximum absolute atomic E-state index is 13.1. The van der Waals surface area contributed by atoms with Crippen LogP contribution in [-0.4, -0.2) is 317 Å². The number of unbranched alkanes of at least 4 members (excludes halogenated alkanes) is 3. The van der Waals surface area contributed by atoms with E-state index in [2.05, 4.69) is 47.9 Å². The molecule has 3 heterocycles. The zero-order valence-electron chi connectivity index (χ0n) is 76.2. The first-order valence-electron chi connectivity index (χ1n) is 42.9. The molecule has 0 aromatic carbocycles. The van der Waals surface area contributed by atoms with Crippen LogP contribution in [-0.2, 0) is 172 Å². The monoisotopic (exact) mass is 1830 g/mol. The van der Waals surface area contributed by atoms with E-state index < -0.39 is 194 Å². The smallest absolute Gasteiger partial charge is 0.303 e. The van der Waals surface area contributed by atoms with Gasteiger partial charge in [-0.2, -0.15) is 0 Å². The fraction of sp³-hybridized carbons (Fsp3) is 0.783. The standard InChI is InChI=1S/C83H135N9O36/c1-49(93)90-70-76(123-58(10)102)73(120-55(7)99)61(43-117-52(4)96)126-79(70)114-37-19-16-25-64(105)84-31-22-34-87-67(108)28-40-111-46-83(82(13,14)15,47-112-41-29-68(109)88-35-23-32-85-65(106)26-17-20-38-115-80-71(91-50(2)94)77(124-59(11)103)74(121-56(8)100)62(127-80)44-118-53(5)97)48-113-42-30-69(110)89-36-24-33-86-66(107)27-18-21-39-116-81-72(92-51(3)95)78(125-60(12)104)75(122-57(9)101)63(128-81)45-119-54(6)98/h61-63,70-81H,16-48H2,1-15H3,(H,84,105)(H,85,106)(H,86,107)(H,87,108)(H,88,109)(H,89,110)(H,90,93)(H,91,94)(H,92,95). The molecule has 15 atom stereocenters. The Hall–Kier alpha value is -9.90. The highest BCUT2D eigenvalue weighted by atomic mass is 16.7. The third kappa shape index (κ3) is 46.4. The van der Waals surface area contributed by atoms with Crippen molar-refractivity contribution in [3.8, 4) is 0 Å². The number of esters is 9.